The molecule has 14 heavy (non-hydrogen) atoms. The van der Waals surface area contributed by atoms with E-state index in [9.17, 15) is 4.79 Å². The summed E-state index contributed by atoms with van der Waals surface area (Å²) in [6.45, 7) is 0. The molecule has 0 aromatic carbocycles. The van der Waals surface area contributed by atoms with Crippen LogP contribution >= 0.6 is 15.9 Å². The van der Waals surface area contributed by atoms with Gasteiger partial charge in [0.15, 0.2) is 0 Å². The number of carbonyl (C=O) groups is 1. The maximum atomic E-state index is 10.5. The third-order valence-corrected chi connectivity index (χ3v) is 2.30. The van der Waals surface area contributed by atoms with Crippen LogP contribution in [0.1, 0.15) is 5.69 Å². The third kappa shape index (κ3) is 1.77. The van der Waals surface area contributed by atoms with Crippen LogP contribution in [-0.2, 0) is 11.2 Å². The topological polar surface area (TPSA) is 54.6 Å². The lowest BCUT2D eigenvalue weighted by atomic mass is 10.3. The van der Waals surface area contributed by atoms with Crippen molar-refractivity contribution in [2.24, 2.45) is 0 Å². The maximum Gasteiger partial charge on any atom is 0.309 e. The quantitative estimate of drug-likeness (QED) is 0.888. The summed E-state index contributed by atoms with van der Waals surface area (Å²) in [6.07, 6.45) is 1.74. The highest BCUT2D eigenvalue weighted by atomic mass is 79.9. The van der Waals surface area contributed by atoms with Crippen molar-refractivity contribution in [1.82, 2.24) is 9.61 Å². The predicted molar refractivity (Wildman–Crippen MR) is 54.2 cm³/mol. The second-order valence-electron chi connectivity index (χ2n) is 2.92. The molecule has 2 aromatic rings. The fourth-order valence-electron chi connectivity index (χ4n) is 1.26. The van der Waals surface area contributed by atoms with Crippen LogP contribution in [0.2, 0.25) is 0 Å². The van der Waals surface area contributed by atoms with Crippen LogP contribution in [-0.4, -0.2) is 20.7 Å². The number of fused-ring (bicyclic) bond motifs is 1. The lowest BCUT2D eigenvalue weighted by Crippen LogP contribution is -2.00. The summed E-state index contributed by atoms with van der Waals surface area (Å²) >= 11 is 3.34. The lowest BCUT2D eigenvalue weighted by Gasteiger charge is -1.91. The molecule has 2 aromatic heterocycles. The Morgan fingerprint density at radius 1 is 1.57 bits per heavy atom. The first-order valence-corrected chi connectivity index (χ1v) is 4.80. The zero-order valence-electron chi connectivity index (χ0n) is 7.14. The highest BCUT2D eigenvalue weighted by Gasteiger charge is 2.05. The van der Waals surface area contributed by atoms with E-state index >= 15 is 0 Å². The fraction of sp³-hybridized carbons (Fsp3) is 0.111. The lowest BCUT2D eigenvalue weighted by molar-refractivity contribution is -0.136. The van der Waals surface area contributed by atoms with Crippen molar-refractivity contribution in [1.29, 1.82) is 0 Å². The minimum atomic E-state index is -0.868. The largest absolute Gasteiger partial charge is 0.481 e. The Hall–Kier alpha value is -1.36. The van der Waals surface area contributed by atoms with E-state index in [0.717, 1.165) is 9.99 Å². The van der Waals surface area contributed by atoms with E-state index in [-0.39, 0.29) is 6.42 Å². The molecule has 0 saturated heterocycles. The standard InChI is InChI=1S/C9H7BrN2O2/c10-6-1-2-12-8(3-6)4-7(11-12)5-9(13)14/h1-4H,5H2,(H,13,14). The Morgan fingerprint density at radius 2 is 2.36 bits per heavy atom. The van der Waals surface area contributed by atoms with E-state index in [1.54, 1.807) is 16.8 Å². The Bertz CT molecular complexity index is 493. The Balaban J connectivity index is 2.46. The number of carboxylic acids is 1. The maximum absolute atomic E-state index is 10.5. The van der Waals surface area contributed by atoms with Gasteiger partial charge in [0.1, 0.15) is 0 Å². The molecular formula is C9H7BrN2O2. The predicted octanol–water partition coefficient (Wildman–Crippen LogP) is 1.72. The second kappa shape index (κ2) is 3.42. The number of pyridine rings is 1. The monoisotopic (exact) mass is 254 g/mol. The van der Waals surface area contributed by atoms with Crippen molar-refractivity contribution in [3.05, 3.63) is 34.6 Å². The highest BCUT2D eigenvalue weighted by Crippen LogP contribution is 2.14. The van der Waals surface area contributed by atoms with Gasteiger partial charge in [-0.1, -0.05) is 15.9 Å². The average Bonchev–Trinajstić information content (AvgIpc) is 2.44. The number of aromatic nitrogens is 2. The van der Waals surface area contributed by atoms with E-state index in [2.05, 4.69) is 21.0 Å². The Kier molecular flexibility index (Phi) is 2.25. The molecule has 2 rings (SSSR count). The summed E-state index contributed by atoms with van der Waals surface area (Å²) in [5, 5.41) is 12.7. The van der Waals surface area contributed by atoms with Crippen LogP contribution in [0.15, 0.2) is 28.9 Å². The summed E-state index contributed by atoms with van der Waals surface area (Å²) in [5.74, 6) is -0.868. The zero-order valence-corrected chi connectivity index (χ0v) is 8.73. The average molecular weight is 255 g/mol. The van der Waals surface area contributed by atoms with Crippen LogP contribution in [0.25, 0.3) is 5.52 Å². The summed E-state index contributed by atoms with van der Waals surface area (Å²) < 4.78 is 2.61. The minimum Gasteiger partial charge on any atom is -0.481 e. The summed E-state index contributed by atoms with van der Waals surface area (Å²) in [4.78, 5) is 10.5. The van der Waals surface area contributed by atoms with Crippen LogP contribution in [0.4, 0.5) is 0 Å². The molecule has 0 spiro atoms. The minimum absolute atomic E-state index is 0.0424. The zero-order chi connectivity index (χ0) is 10.1. The van der Waals surface area contributed by atoms with Crippen LogP contribution in [0.3, 0.4) is 0 Å². The SMILES string of the molecule is O=C(O)Cc1cc2cc(Br)ccn2n1. The number of halogens is 1. The van der Waals surface area contributed by atoms with E-state index in [1.807, 2.05) is 12.1 Å². The summed E-state index contributed by atoms with van der Waals surface area (Å²) in [6, 6.07) is 5.50. The van der Waals surface area contributed by atoms with Crippen LogP contribution in [0, 0.1) is 0 Å². The molecule has 0 amide bonds. The molecule has 0 saturated carbocycles. The number of rotatable bonds is 2. The molecule has 0 bridgehead atoms. The van der Waals surface area contributed by atoms with Crippen molar-refractivity contribution in [2.45, 2.75) is 6.42 Å². The van der Waals surface area contributed by atoms with E-state index in [0.29, 0.717) is 5.69 Å². The van der Waals surface area contributed by atoms with E-state index < -0.39 is 5.97 Å². The van der Waals surface area contributed by atoms with Crippen molar-refractivity contribution in [3.8, 4) is 0 Å². The van der Waals surface area contributed by atoms with Gasteiger partial charge in [-0.15, -0.1) is 0 Å². The molecular weight excluding hydrogens is 248 g/mol. The number of nitrogens with zero attached hydrogens (tertiary/aromatic N) is 2. The molecule has 0 fully saturated rings. The highest BCUT2D eigenvalue weighted by molar-refractivity contribution is 9.10. The second-order valence-corrected chi connectivity index (χ2v) is 3.84. The Morgan fingerprint density at radius 3 is 3.07 bits per heavy atom. The van der Waals surface area contributed by atoms with Crippen molar-refractivity contribution >= 4 is 27.4 Å². The van der Waals surface area contributed by atoms with Gasteiger partial charge < -0.3 is 5.11 Å². The van der Waals surface area contributed by atoms with Crippen LogP contribution in [0.5, 0.6) is 0 Å². The van der Waals surface area contributed by atoms with E-state index in [1.165, 1.54) is 0 Å². The number of aliphatic carboxylic acids is 1. The first-order valence-electron chi connectivity index (χ1n) is 4.01. The smallest absolute Gasteiger partial charge is 0.309 e. The normalized spacial score (nSPS) is 10.6. The molecule has 1 N–H and O–H groups in total. The first-order chi connectivity index (χ1) is 6.65. The van der Waals surface area contributed by atoms with Gasteiger partial charge >= 0.3 is 5.97 Å². The third-order valence-electron chi connectivity index (χ3n) is 1.81. The molecule has 0 radical (unpaired) electrons. The molecule has 4 nitrogen and oxygen atoms in total. The Labute approximate surface area is 88.3 Å². The molecule has 0 aliphatic heterocycles. The first kappa shape index (κ1) is 9.21. The number of hydrogen-bond acceptors (Lipinski definition) is 2. The molecule has 72 valence electrons. The fourth-order valence-corrected chi connectivity index (χ4v) is 1.61. The van der Waals surface area contributed by atoms with Gasteiger partial charge in [-0.3, -0.25) is 4.79 Å². The molecule has 5 heteroatoms. The van der Waals surface area contributed by atoms with Gasteiger partial charge in [0.25, 0.3) is 0 Å². The number of hydrogen-bond donors (Lipinski definition) is 1. The van der Waals surface area contributed by atoms with Gasteiger partial charge in [0, 0.05) is 10.7 Å². The molecule has 0 atom stereocenters. The van der Waals surface area contributed by atoms with Gasteiger partial charge in [-0.25, -0.2) is 4.52 Å². The van der Waals surface area contributed by atoms with Crippen LogP contribution < -0.4 is 0 Å². The molecule has 0 aliphatic carbocycles. The van der Waals surface area contributed by atoms with Gasteiger partial charge in [-0.05, 0) is 18.2 Å². The van der Waals surface area contributed by atoms with Crippen molar-refractivity contribution in [3.63, 3.8) is 0 Å². The van der Waals surface area contributed by atoms with Gasteiger partial charge in [-0.2, -0.15) is 5.10 Å². The van der Waals surface area contributed by atoms with Gasteiger partial charge in [0.05, 0.1) is 17.6 Å². The van der Waals surface area contributed by atoms with Gasteiger partial charge in [0.2, 0.25) is 0 Å². The molecule has 0 unspecified atom stereocenters. The summed E-state index contributed by atoms with van der Waals surface area (Å²) in [7, 11) is 0. The molecule has 0 aliphatic rings. The number of carboxylic acid groups (broad SMARTS) is 1. The molecule has 2 heterocycles. The summed E-state index contributed by atoms with van der Waals surface area (Å²) in [5.41, 5.74) is 1.45. The van der Waals surface area contributed by atoms with Crippen molar-refractivity contribution < 1.29 is 9.90 Å². The van der Waals surface area contributed by atoms with E-state index in [4.69, 9.17) is 5.11 Å². The van der Waals surface area contributed by atoms with Crippen molar-refractivity contribution in [2.75, 3.05) is 0 Å².